The first kappa shape index (κ1) is 15.5. The zero-order valence-electron chi connectivity index (χ0n) is 13.5. The first-order chi connectivity index (χ1) is 12.1. The molecule has 1 aliphatic heterocycles. The van der Waals surface area contributed by atoms with Gasteiger partial charge in [0.05, 0.1) is 5.92 Å². The van der Waals surface area contributed by atoms with Crippen LogP contribution in [0.4, 0.5) is 4.39 Å². The molecule has 0 spiro atoms. The summed E-state index contributed by atoms with van der Waals surface area (Å²) < 4.78 is 23.7. The van der Waals surface area contributed by atoms with Crippen LogP contribution in [0.25, 0.3) is 11.3 Å². The van der Waals surface area contributed by atoms with Gasteiger partial charge in [0.2, 0.25) is 5.89 Å². The number of halogens is 1. The number of hydrogen-bond donors (Lipinski definition) is 0. The van der Waals surface area contributed by atoms with Crippen molar-refractivity contribution in [2.75, 3.05) is 13.1 Å². The van der Waals surface area contributed by atoms with E-state index in [1.807, 2.05) is 0 Å². The molecule has 0 bridgehead atoms. The molecule has 1 fully saturated rings. The summed E-state index contributed by atoms with van der Waals surface area (Å²) in [5.41, 5.74) is 0.819. The molecule has 4 rings (SSSR count). The molecular formula is C17H15FN4O3. The molecule has 0 N–H and O–H groups in total. The minimum absolute atomic E-state index is 0.0197. The molecule has 0 radical (unpaired) electrons. The lowest BCUT2D eigenvalue weighted by atomic mass is 10.1. The third-order valence-electron chi connectivity index (χ3n) is 4.24. The van der Waals surface area contributed by atoms with E-state index in [-0.39, 0.29) is 23.3 Å². The van der Waals surface area contributed by atoms with E-state index in [1.165, 1.54) is 18.5 Å². The Morgan fingerprint density at radius 1 is 1.32 bits per heavy atom. The van der Waals surface area contributed by atoms with Crippen LogP contribution in [0.2, 0.25) is 0 Å². The highest BCUT2D eigenvalue weighted by Crippen LogP contribution is 2.29. The van der Waals surface area contributed by atoms with E-state index < -0.39 is 0 Å². The molecule has 1 aliphatic rings. The highest BCUT2D eigenvalue weighted by Gasteiger charge is 2.33. The fraction of sp³-hybridized carbons (Fsp3) is 0.294. The molecule has 2 aromatic heterocycles. The highest BCUT2D eigenvalue weighted by molar-refractivity contribution is 5.97. The number of aryl methyl sites for hydroxylation is 1. The minimum atomic E-state index is -0.353. The molecule has 0 saturated carbocycles. The molecule has 1 amide bonds. The number of aromatic nitrogens is 3. The lowest BCUT2D eigenvalue weighted by Gasteiger charge is -2.14. The molecule has 8 heteroatoms. The van der Waals surface area contributed by atoms with Gasteiger partial charge < -0.3 is 13.8 Å². The van der Waals surface area contributed by atoms with Crippen molar-refractivity contribution in [2.24, 2.45) is 0 Å². The second kappa shape index (κ2) is 6.12. The molecule has 128 valence electrons. The standard InChI is InChI=1S/C17H15FN4O3/c1-10-20-16(25-21-10)12-6-7-22(8-12)17(23)14-15(24-9-19-14)11-2-4-13(18)5-3-11/h2-5,9,12H,6-8H2,1H3/t12-/m0/s1. The van der Waals surface area contributed by atoms with E-state index in [4.69, 9.17) is 8.94 Å². The fourth-order valence-electron chi connectivity index (χ4n) is 2.98. The summed E-state index contributed by atoms with van der Waals surface area (Å²) in [7, 11) is 0. The number of carbonyl (C=O) groups excluding carboxylic acids is 1. The Balaban J connectivity index is 1.54. The fourth-order valence-corrected chi connectivity index (χ4v) is 2.98. The van der Waals surface area contributed by atoms with E-state index in [1.54, 1.807) is 24.0 Å². The van der Waals surface area contributed by atoms with E-state index in [9.17, 15) is 9.18 Å². The molecule has 0 aliphatic carbocycles. The molecular weight excluding hydrogens is 327 g/mol. The topological polar surface area (TPSA) is 85.3 Å². The summed E-state index contributed by atoms with van der Waals surface area (Å²) in [5.74, 6) is 0.898. The molecule has 3 heterocycles. The number of amides is 1. The monoisotopic (exact) mass is 342 g/mol. The summed E-state index contributed by atoms with van der Waals surface area (Å²) in [6.07, 6.45) is 1.97. The number of nitrogens with zero attached hydrogens (tertiary/aromatic N) is 4. The normalized spacial score (nSPS) is 17.2. The number of likely N-dealkylation sites (tertiary alicyclic amines) is 1. The van der Waals surface area contributed by atoms with Crippen molar-refractivity contribution in [3.63, 3.8) is 0 Å². The molecule has 1 saturated heterocycles. The van der Waals surface area contributed by atoms with Gasteiger partial charge in [-0.2, -0.15) is 4.98 Å². The van der Waals surface area contributed by atoms with E-state index in [0.717, 1.165) is 6.42 Å². The van der Waals surface area contributed by atoms with E-state index >= 15 is 0 Å². The van der Waals surface area contributed by atoms with Gasteiger partial charge in [0.1, 0.15) is 5.82 Å². The van der Waals surface area contributed by atoms with Crippen molar-refractivity contribution in [2.45, 2.75) is 19.3 Å². The molecule has 25 heavy (non-hydrogen) atoms. The van der Waals surface area contributed by atoms with Gasteiger partial charge in [-0.15, -0.1) is 0 Å². The summed E-state index contributed by atoms with van der Waals surface area (Å²) >= 11 is 0. The molecule has 3 aromatic rings. The number of rotatable bonds is 3. The number of oxazole rings is 1. The maximum Gasteiger partial charge on any atom is 0.276 e. The largest absolute Gasteiger partial charge is 0.443 e. The second-order valence-corrected chi connectivity index (χ2v) is 5.95. The van der Waals surface area contributed by atoms with Crippen LogP contribution in [0, 0.1) is 12.7 Å². The van der Waals surface area contributed by atoms with E-state index in [0.29, 0.717) is 36.1 Å². The van der Waals surface area contributed by atoms with Crippen LogP contribution in [0.3, 0.4) is 0 Å². The lowest BCUT2D eigenvalue weighted by molar-refractivity contribution is 0.0784. The Labute approximate surface area is 142 Å². The Morgan fingerprint density at radius 3 is 2.84 bits per heavy atom. The molecule has 1 atom stereocenters. The lowest BCUT2D eigenvalue weighted by Crippen LogP contribution is -2.29. The Morgan fingerprint density at radius 2 is 2.12 bits per heavy atom. The number of benzene rings is 1. The van der Waals surface area contributed by atoms with Gasteiger partial charge in [-0.1, -0.05) is 5.16 Å². The third-order valence-corrected chi connectivity index (χ3v) is 4.24. The van der Waals surface area contributed by atoms with Crippen LogP contribution >= 0.6 is 0 Å². The number of hydrogen-bond acceptors (Lipinski definition) is 6. The summed E-state index contributed by atoms with van der Waals surface area (Å²) in [6.45, 7) is 2.81. The van der Waals surface area contributed by atoms with Crippen molar-refractivity contribution in [1.82, 2.24) is 20.0 Å². The molecule has 1 aromatic carbocycles. The average Bonchev–Trinajstić information content (AvgIpc) is 3.35. The van der Waals surface area contributed by atoms with Crippen molar-refractivity contribution >= 4 is 5.91 Å². The Kier molecular flexibility index (Phi) is 3.79. The molecule has 7 nitrogen and oxygen atoms in total. The quantitative estimate of drug-likeness (QED) is 0.727. The van der Waals surface area contributed by atoms with Crippen LogP contribution in [-0.2, 0) is 0 Å². The maximum absolute atomic E-state index is 13.1. The minimum Gasteiger partial charge on any atom is -0.443 e. The zero-order valence-corrected chi connectivity index (χ0v) is 13.5. The summed E-state index contributed by atoms with van der Waals surface area (Å²) in [5, 5.41) is 3.79. The van der Waals surface area contributed by atoms with E-state index in [2.05, 4.69) is 15.1 Å². The van der Waals surface area contributed by atoms with Crippen LogP contribution in [-0.4, -0.2) is 39.0 Å². The average molecular weight is 342 g/mol. The van der Waals surface area contributed by atoms with Gasteiger partial charge in [0, 0.05) is 18.7 Å². The van der Waals surface area contributed by atoms with Crippen LogP contribution in [0.1, 0.15) is 34.5 Å². The van der Waals surface area contributed by atoms with Gasteiger partial charge >= 0.3 is 0 Å². The van der Waals surface area contributed by atoms with Crippen molar-refractivity contribution in [3.05, 3.63) is 53.9 Å². The first-order valence-corrected chi connectivity index (χ1v) is 7.90. The summed E-state index contributed by atoms with van der Waals surface area (Å²) in [4.78, 5) is 22.8. The predicted molar refractivity (Wildman–Crippen MR) is 84.2 cm³/mol. The first-order valence-electron chi connectivity index (χ1n) is 7.90. The SMILES string of the molecule is Cc1noc([C@H]2CCN(C(=O)c3ncoc3-c3ccc(F)cc3)C2)n1. The van der Waals surface area contributed by atoms with Crippen LogP contribution in [0.5, 0.6) is 0 Å². The van der Waals surface area contributed by atoms with Gasteiger partial charge in [-0.25, -0.2) is 9.37 Å². The van der Waals surface area contributed by atoms with Gasteiger partial charge in [-0.05, 0) is 37.6 Å². The number of carbonyl (C=O) groups is 1. The highest BCUT2D eigenvalue weighted by atomic mass is 19.1. The van der Waals surface area contributed by atoms with Crippen LogP contribution in [0.15, 0.2) is 39.6 Å². The van der Waals surface area contributed by atoms with Gasteiger partial charge in [0.15, 0.2) is 23.7 Å². The predicted octanol–water partition coefficient (Wildman–Crippen LogP) is 2.80. The van der Waals surface area contributed by atoms with Gasteiger partial charge in [-0.3, -0.25) is 4.79 Å². The zero-order chi connectivity index (χ0) is 17.4. The molecule has 0 unspecified atom stereocenters. The Hall–Kier alpha value is -3.03. The Bertz CT molecular complexity index is 903. The van der Waals surface area contributed by atoms with Crippen molar-refractivity contribution < 1.29 is 18.1 Å². The van der Waals surface area contributed by atoms with Crippen LogP contribution < -0.4 is 0 Å². The van der Waals surface area contributed by atoms with Crippen molar-refractivity contribution in [1.29, 1.82) is 0 Å². The summed E-state index contributed by atoms with van der Waals surface area (Å²) in [6, 6.07) is 5.74. The third kappa shape index (κ3) is 2.90. The second-order valence-electron chi connectivity index (χ2n) is 5.95. The maximum atomic E-state index is 13.1. The smallest absolute Gasteiger partial charge is 0.276 e. The van der Waals surface area contributed by atoms with Gasteiger partial charge in [0.25, 0.3) is 5.91 Å². The van der Waals surface area contributed by atoms with Crippen molar-refractivity contribution in [3.8, 4) is 11.3 Å².